The Balaban J connectivity index is 1.88. The van der Waals surface area contributed by atoms with Gasteiger partial charge < -0.3 is 15.0 Å². The van der Waals surface area contributed by atoms with E-state index in [4.69, 9.17) is 16.3 Å². The molecule has 2 rings (SSSR count). The van der Waals surface area contributed by atoms with Crippen LogP contribution < -0.4 is 10.2 Å². The van der Waals surface area contributed by atoms with Crippen molar-refractivity contribution in [2.24, 2.45) is 0 Å². The molecule has 0 bridgehead atoms. The maximum atomic E-state index is 11.9. The molecule has 0 aliphatic carbocycles. The fraction of sp³-hybridized carbons (Fsp3) is 0.176. The van der Waals surface area contributed by atoms with Crippen LogP contribution in [0, 0.1) is 0 Å². The van der Waals surface area contributed by atoms with Crippen LogP contribution in [0.25, 0.3) is 0 Å². The van der Waals surface area contributed by atoms with Gasteiger partial charge in [-0.1, -0.05) is 11.6 Å². The minimum absolute atomic E-state index is 0.373. The summed E-state index contributed by atoms with van der Waals surface area (Å²) >= 11 is 9.22. The summed E-state index contributed by atoms with van der Waals surface area (Å²) in [5.74, 6) is -0.990. The van der Waals surface area contributed by atoms with Crippen LogP contribution in [0.3, 0.4) is 0 Å². The number of amides is 1. The highest BCUT2D eigenvalue weighted by molar-refractivity contribution is 9.10. The Morgan fingerprint density at radius 2 is 1.83 bits per heavy atom. The molecule has 0 atom stereocenters. The predicted octanol–water partition coefficient (Wildman–Crippen LogP) is 3.96. The van der Waals surface area contributed by atoms with Crippen LogP contribution in [-0.4, -0.2) is 32.6 Å². The molecule has 5 nitrogen and oxygen atoms in total. The van der Waals surface area contributed by atoms with Crippen LogP contribution in [0.15, 0.2) is 46.9 Å². The Hall–Kier alpha value is -2.05. The first kappa shape index (κ1) is 18.3. The Morgan fingerprint density at radius 1 is 1.17 bits per heavy atom. The zero-order valence-corrected chi connectivity index (χ0v) is 15.5. The van der Waals surface area contributed by atoms with E-state index in [0.717, 1.165) is 10.2 Å². The molecule has 0 saturated heterocycles. The van der Waals surface area contributed by atoms with E-state index in [9.17, 15) is 9.59 Å². The van der Waals surface area contributed by atoms with Crippen molar-refractivity contribution in [1.29, 1.82) is 0 Å². The molecular weight excluding hydrogens is 396 g/mol. The molecule has 1 N–H and O–H groups in total. The van der Waals surface area contributed by atoms with Crippen LogP contribution in [0.5, 0.6) is 0 Å². The summed E-state index contributed by atoms with van der Waals surface area (Å²) in [6.07, 6.45) is 0. The number of halogens is 2. The number of hydrogen-bond acceptors (Lipinski definition) is 4. The van der Waals surface area contributed by atoms with Crippen molar-refractivity contribution in [3.63, 3.8) is 0 Å². The molecular formula is C17H16BrClN2O3. The lowest BCUT2D eigenvalue weighted by atomic mass is 10.2. The van der Waals surface area contributed by atoms with E-state index in [-0.39, 0.29) is 6.61 Å². The molecule has 2 aromatic rings. The summed E-state index contributed by atoms with van der Waals surface area (Å²) in [5, 5.41) is 3.09. The van der Waals surface area contributed by atoms with Gasteiger partial charge in [0.05, 0.1) is 10.6 Å². The third-order valence-electron chi connectivity index (χ3n) is 3.16. The first-order valence-electron chi connectivity index (χ1n) is 7.06. The molecule has 0 aromatic heterocycles. The number of rotatable bonds is 5. The Labute approximate surface area is 153 Å². The molecule has 126 valence electrons. The van der Waals surface area contributed by atoms with Gasteiger partial charge in [0.2, 0.25) is 0 Å². The van der Waals surface area contributed by atoms with E-state index in [1.165, 1.54) is 0 Å². The summed E-state index contributed by atoms with van der Waals surface area (Å²) in [5.41, 5.74) is 1.89. The van der Waals surface area contributed by atoms with Crippen molar-refractivity contribution in [3.8, 4) is 0 Å². The van der Waals surface area contributed by atoms with Crippen molar-refractivity contribution < 1.29 is 14.3 Å². The second kappa shape index (κ2) is 8.17. The number of benzene rings is 2. The predicted molar refractivity (Wildman–Crippen MR) is 98.8 cm³/mol. The van der Waals surface area contributed by atoms with Gasteiger partial charge in [-0.25, -0.2) is 4.79 Å². The second-order valence-electron chi connectivity index (χ2n) is 5.19. The number of ether oxygens (including phenoxy) is 1. The topological polar surface area (TPSA) is 58.6 Å². The molecule has 2 aromatic carbocycles. The van der Waals surface area contributed by atoms with E-state index >= 15 is 0 Å². The van der Waals surface area contributed by atoms with E-state index in [1.807, 2.05) is 19.0 Å². The SMILES string of the molecule is CN(C)c1ccc(C(=O)OCC(=O)Nc2ccc(Br)c(Cl)c2)cc1. The van der Waals surface area contributed by atoms with Crippen molar-refractivity contribution in [3.05, 3.63) is 57.5 Å². The van der Waals surface area contributed by atoms with Crippen LogP contribution in [0.2, 0.25) is 5.02 Å². The van der Waals surface area contributed by atoms with Crippen molar-refractivity contribution in [1.82, 2.24) is 0 Å². The van der Waals surface area contributed by atoms with E-state index in [0.29, 0.717) is 16.3 Å². The number of esters is 1. The Morgan fingerprint density at radius 3 is 2.42 bits per heavy atom. The van der Waals surface area contributed by atoms with Gasteiger partial charge in [0.15, 0.2) is 6.61 Å². The average Bonchev–Trinajstić information content (AvgIpc) is 2.56. The first-order valence-corrected chi connectivity index (χ1v) is 8.23. The zero-order chi connectivity index (χ0) is 17.7. The third-order valence-corrected chi connectivity index (χ3v) is 4.39. The molecule has 24 heavy (non-hydrogen) atoms. The van der Waals surface area contributed by atoms with E-state index < -0.39 is 11.9 Å². The second-order valence-corrected chi connectivity index (χ2v) is 6.46. The lowest BCUT2D eigenvalue weighted by Gasteiger charge is -2.12. The van der Waals surface area contributed by atoms with Gasteiger partial charge in [0.25, 0.3) is 5.91 Å². The molecule has 0 spiro atoms. The highest BCUT2D eigenvalue weighted by atomic mass is 79.9. The van der Waals surface area contributed by atoms with Crippen molar-refractivity contribution >= 4 is 50.8 Å². The number of anilines is 2. The van der Waals surface area contributed by atoms with E-state index in [2.05, 4.69) is 21.2 Å². The quantitative estimate of drug-likeness (QED) is 0.757. The lowest BCUT2D eigenvalue weighted by molar-refractivity contribution is -0.119. The molecule has 1 amide bonds. The van der Waals surface area contributed by atoms with Gasteiger partial charge in [-0.15, -0.1) is 0 Å². The fourth-order valence-electron chi connectivity index (χ4n) is 1.88. The standard InChI is InChI=1S/C17H16BrClN2O3/c1-21(2)13-6-3-11(4-7-13)17(23)24-10-16(22)20-12-5-8-14(18)15(19)9-12/h3-9H,10H2,1-2H3,(H,20,22). The van der Waals surface area contributed by atoms with E-state index in [1.54, 1.807) is 42.5 Å². The summed E-state index contributed by atoms with van der Waals surface area (Å²) in [6, 6.07) is 11.9. The Bertz CT molecular complexity index is 748. The van der Waals surface area contributed by atoms with Crippen LogP contribution >= 0.6 is 27.5 Å². The van der Waals surface area contributed by atoms with Gasteiger partial charge >= 0.3 is 5.97 Å². The fourth-order valence-corrected chi connectivity index (χ4v) is 2.31. The van der Waals surface area contributed by atoms with Crippen LogP contribution in [0.1, 0.15) is 10.4 Å². The minimum atomic E-state index is -0.552. The van der Waals surface area contributed by atoms with Crippen molar-refractivity contribution in [2.75, 3.05) is 30.9 Å². The normalized spacial score (nSPS) is 10.2. The largest absolute Gasteiger partial charge is 0.452 e. The van der Waals surface area contributed by atoms with Crippen LogP contribution in [-0.2, 0) is 9.53 Å². The number of nitrogens with zero attached hydrogens (tertiary/aromatic N) is 1. The number of carbonyl (C=O) groups excluding carboxylic acids is 2. The van der Waals surface area contributed by atoms with Crippen molar-refractivity contribution in [2.45, 2.75) is 0 Å². The van der Waals surface area contributed by atoms with Gasteiger partial charge in [-0.05, 0) is 58.4 Å². The lowest BCUT2D eigenvalue weighted by Crippen LogP contribution is -2.21. The molecule has 0 aliphatic heterocycles. The number of hydrogen-bond donors (Lipinski definition) is 1. The zero-order valence-electron chi connectivity index (χ0n) is 13.2. The monoisotopic (exact) mass is 410 g/mol. The molecule has 0 radical (unpaired) electrons. The maximum absolute atomic E-state index is 11.9. The number of nitrogens with one attached hydrogen (secondary N) is 1. The van der Waals surface area contributed by atoms with Gasteiger partial charge in [0.1, 0.15) is 0 Å². The van der Waals surface area contributed by atoms with Gasteiger partial charge in [-0.2, -0.15) is 0 Å². The van der Waals surface area contributed by atoms with Crippen LogP contribution in [0.4, 0.5) is 11.4 Å². The summed E-state index contributed by atoms with van der Waals surface area (Å²) < 4.78 is 5.74. The minimum Gasteiger partial charge on any atom is -0.452 e. The highest BCUT2D eigenvalue weighted by Gasteiger charge is 2.11. The highest BCUT2D eigenvalue weighted by Crippen LogP contribution is 2.25. The first-order chi connectivity index (χ1) is 11.4. The summed E-state index contributed by atoms with van der Waals surface area (Å²) in [7, 11) is 3.82. The number of carbonyl (C=O) groups is 2. The Kier molecular flexibility index (Phi) is 6.23. The molecule has 0 unspecified atom stereocenters. The van der Waals surface area contributed by atoms with Gasteiger partial charge in [0, 0.05) is 29.9 Å². The summed E-state index contributed by atoms with van der Waals surface area (Å²) in [4.78, 5) is 25.7. The average molecular weight is 412 g/mol. The molecule has 7 heteroatoms. The molecule has 0 heterocycles. The summed E-state index contributed by atoms with van der Waals surface area (Å²) in [6.45, 7) is -0.373. The molecule has 0 aliphatic rings. The third kappa shape index (κ3) is 4.97. The maximum Gasteiger partial charge on any atom is 0.338 e. The molecule has 0 saturated carbocycles. The molecule has 0 fully saturated rings. The van der Waals surface area contributed by atoms with Gasteiger partial charge in [-0.3, -0.25) is 4.79 Å². The smallest absolute Gasteiger partial charge is 0.338 e.